The van der Waals surface area contributed by atoms with Crippen LogP contribution in [0.4, 0.5) is 5.69 Å². The first-order chi connectivity index (χ1) is 8.79. The first-order valence-corrected chi connectivity index (χ1v) is 9.58. The van der Waals surface area contributed by atoms with Gasteiger partial charge in [-0.25, -0.2) is 8.42 Å². The van der Waals surface area contributed by atoms with Gasteiger partial charge in [0.2, 0.25) is 0 Å². The standard InChI is InChI=1S/C11H8BrClINO2S2/c1-6-4-10(18-11(6)12)19(16,17)15-9-3-2-7(13)5-8(9)14/h2-5,15H,1H3. The lowest BCUT2D eigenvalue weighted by atomic mass is 10.3. The van der Waals surface area contributed by atoms with Crippen LogP contribution in [0.25, 0.3) is 0 Å². The average Bonchev–Trinajstić information content (AvgIpc) is 2.64. The van der Waals surface area contributed by atoms with E-state index in [1.165, 1.54) is 11.3 Å². The lowest BCUT2D eigenvalue weighted by Gasteiger charge is -2.08. The first kappa shape index (κ1) is 15.6. The molecule has 0 atom stereocenters. The van der Waals surface area contributed by atoms with E-state index >= 15 is 0 Å². The molecule has 0 aliphatic carbocycles. The predicted molar refractivity (Wildman–Crippen MR) is 91.7 cm³/mol. The monoisotopic (exact) mass is 491 g/mol. The van der Waals surface area contributed by atoms with Gasteiger partial charge in [-0.3, -0.25) is 4.72 Å². The van der Waals surface area contributed by atoms with Gasteiger partial charge in [-0.1, -0.05) is 11.6 Å². The van der Waals surface area contributed by atoms with Gasteiger partial charge in [0, 0.05) is 8.59 Å². The van der Waals surface area contributed by atoms with Gasteiger partial charge in [-0.05, 0) is 75.3 Å². The Labute approximate surface area is 142 Å². The molecule has 0 radical (unpaired) electrons. The highest BCUT2D eigenvalue weighted by molar-refractivity contribution is 14.1. The van der Waals surface area contributed by atoms with E-state index in [9.17, 15) is 8.42 Å². The second-order valence-electron chi connectivity index (χ2n) is 3.75. The fourth-order valence-electron chi connectivity index (χ4n) is 1.33. The van der Waals surface area contributed by atoms with Crippen molar-refractivity contribution >= 4 is 77.2 Å². The van der Waals surface area contributed by atoms with Crippen LogP contribution in [0.2, 0.25) is 5.02 Å². The lowest BCUT2D eigenvalue weighted by Crippen LogP contribution is -2.12. The summed E-state index contributed by atoms with van der Waals surface area (Å²) in [6, 6.07) is 6.64. The molecule has 0 spiro atoms. The smallest absolute Gasteiger partial charge is 0.271 e. The van der Waals surface area contributed by atoms with E-state index in [1.54, 1.807) is 24.3 Å². The fourth-order valence-corrected chi connectivity index (χ4v) is 5.83. The molecule has 1 aromatic heterocycles. The number of hydrogen-bond donors (Lipinski definition) is 1. The molecule has 1 N–H and O–H groups in total. The molecule has 0 amide bonds. The van der Waals surface area contributed by atoms with Crippen LogP contribution in [0.5, 0.6) is 0 Å². The van der Waals surface area contributed by atoms with E-state index in [-0.39, 0.29) is 4.21 Å². The number of thiophene rings is 1. The molecule has 2 aromatic rings. The maximum absolute atomic E-state index is 12.2. The Balaban J connectivity index is 2.36. The highest BCUT2D eigenvalue weighted by Gasteiger charge is 2.19. The number of aryl methyl sites for hydroxylation is 1. The summed E-state index contributed by atoms with van der Waals surface area (Å²) in [7, 11) is -3.56. The second-order valence-corrected chi connectivity index (χ2v) is 9.63. The summed E-state index contributed by atoms with van der Waals surface area (Å²) < 4.78 is 28.9. The van der Waals surface area contributed by atoms with Crippen LogP contribution in [0.15, 0.2) is 32.3 Å². The van der Waals surface area contributed by atoms with E-state index in [1.807, 2.05) is 29.5 Å². The molecule has 0 bridgehead atoms. The van der Waals surface area contributed by atoms with Crippen molar-refractivity contribution < 1.29 is 8.42 Å². The summed E-state index contributed by atoms with van der Waals surface area (Å²) in [4.78, 5) is 0. The zero-order valence-electron chi connectivity index (χ0n) is 9.58. The molecule has 1 heterocycles. The van der Waals surface area contributed by atoms with E-state index < -0.39 is 10.0 Å². The molecule has 19 heavy (non-hydrogen) atoms. The van der Waals surface area contributed by atoms with Crippen LogP contribution in [0.3, 0.4) is 0 Å². The molecule has 102 valence electrons. The third-order valence-electron chi connectivity index (χ3n) is 2.27. The largest absolute Gasteiger partial charge is 0.278 e. The molecule has 0 fully saturated rings. The zero-order valence-corrected chi connectivity index (χ0v) is 15.7. The predicted octanol–water partition coefficient (Wildman–Crippen LogP) is 4.88. The second kappa shape index (κ2) is 5.88. The number of anilines is 1. The third kappa shape index (κ3) is 3.63. The van der Waals surface area contributed by atoms with Crippen LogP contribution in [0, 0.1) is 10.5 Å². The minimum absolute atomic E-state index is 0.280. The average molecular weight is 493 g/mol. The van der Waals surface area contributed by atoms with Crippen LogP contribution < -0.4 is 4.72 Å². The van der Waals surface area contributed by atoms with Gasteiger partial charge in [0.15, 0.2) is 0 Å². The molecular weight excluding hydrogens is 485 g/mol. The summed E-state index contributed by atoms with van der Waals surface area (Å²) >= 11 is 12.4. The van der Waals surface area contributed by atoms with Crippen molar-refractivity contribution in [1.82, 2.24) is 0 Å². The molecule has 0 saturated heterocycles. The first-order valence-electron chi connectivity index (χ1n) is 5.03. The molecule has 0 aliphatic rings. The Kier molecular flexibility index (Phi) is 4.82. The maximum atomic E-state index is 12.2. The lowest BCUT2D eigenvalue weighted by molar-refractivity contribution is 0.603. The van der Waals surface area contributed by atoms with Crippen molar-refractivity contribution in [2.24, 2.45) is 0 Å². The van der Waals surface area contributed by atoms with Crippen LogP contribution >= 0.6 is 61.5 Å². The summed E-state index contributed by atoms with van der Waals surface area (Å²) in [6.45, 7) is 1.85. The quantitative estimate of drug-likeness (QED) is 0.621. The molecule has 8 heteroatoms. The number of benzene rings is 1. The number of rotatable bonds is 3. The zero-order chi connectivity index (χ0) is 14.2. The van der Waals surface area contributed by atoms with E-state index in [0.29, 0.717) is 10.7 Å². The van der Waals surface area contributed by atoms with Crippen molar-refractivity contribution in [3.8, 4) is 0 Å². The Morgan fingerprint density at radius 2 is 2.05 bits per heavy atom. The minimum atomic E-state index is -3.56. The highest BCUT2D eigenvalue weighted by Crippen LogP contribution is 2.32. The summed E-state index contributed by atoms with van der Waals surface area (Å²) in [5, 5.41) is 0.571. The number of hydrogen-bond acceptors (Lipinski definition) is 3. The van der Waals surface area contributed by atoms with Crippen LogP contribution in [-0.4, -0.2) is 8.42 Å². The van der Waals surface area contributed by atoms with Gasteiger partial charge in [0.25, 0.3) is 10.0 Å². The fraction of sp³-hybridized carbons (Fsp3) is 0.0909. The number of halogens is 3. The van der Waals surface area contributed by atoms with Crippen molar-refractivity contribution in [2.45, 2.75) is 11.1 Å². The van der Waals surface area contributed by atoms with E-state index in [4.69, 9.17) is 11.6 Å². The highest BCUT2D eigenvalue weighted by atomic mass is 127. The topological polar surface area (TPSA) is 46.2 Å². The summed E-state index contributed by atoms with van der Waals surface area (Å²) in [6.07, 6.45) is 0. The van der Waals surface area contributed by atoms with Crippen molar-refractivity contribution in [3.63, 3.8) is 0 Å². The molecule has 3 nitrogen and oxygen atoms in total. The molecule has 1 aromatic carbocycles. The molecule has 0 saturated carbocycles. The van der Waals surface area contributed by atoms with E-state index in [2.05, 4.69) is 20.7 Å². The van der Waals surface area contributed by atoms with E-state index in [0.717, 1.165) is 12.9 Å². The Bertz CT molecular complexity index is 711. The third-order valence-corrected chi connectivity index (χ3v) is 7.38. The normalized spacial score (nSPS) is 11.6. The van der Waals surface area contributed by atoms with Crippen molar-refractivity contribution in [3.05, 3.63) is 42.2 Å². The van der Waals surface area contributed by atoms with Gasteiger partial charge in [0.05, 0.1) is 9.47 Å². The Hall–Kier alpha value is 0.170. The molecule has 0 aliphatic heterocycles. The van der Waals surface area contributed by atoms with Crippen LogP contribution in [0.1, 0.15) is 5.56 Å². The molecule has 2 rings (SSSR count). The van der Waals surface area contributed by atoms with Gasteiger partial charge in [-0.2, -0.15) is 0 Å². The molecular formula is C11H8BrClINO2S2. The van der Waals surface area contributed by atoms with Crippen LogP contribution in [-0.2, 0) is 10.0 Å². The Morgan fingerprint density at radius 1 is 1.37 bits per heavy atom. The van der Waals surface area contributed by atoms with Crippen molar-refractivity contribution in [2.75, 3.05) is 4.72 Å². The summed E-state index contributed by atoms with van der Waals surface area (Å²) in [5.74, 6) is 0. The maximum Gasteiger partial charge on any atom is 0.271 e. The van der Waals surface area contributed by atoms with Gasteiger partial charge < -0.3 is 0 Å². The van der Waals surface area contributed by atoms with Gasteiger partial charge in [0.1, 0.15) is 4.21 Å². The van der Waals surface area contributed by atoms with Crippen molar-refractivity contribution in [1.29, 1.82) is 0 Å². The minimum Gasteiger partial charge on any atom is -0.278 e. The van der Waals surface area contributed by atoms with Gasteiger partial charge >= 0.3 is 0 Å². The molecule has 0 unspecified atom stereocenters. The number of nitrogens with one attached hydrogen (secondary N) is 1. The summed E-state index contributed by atoms with van der Waals surface area (Å²) in [5.41, 5.74) is 1.42. The SMILES string of the molecule is Cc1cc(S(=O)(=O)Nc2ccc(Cl)cc2I)sc1Br. The number of sulfonamides is 1. The Morgan fingerprint density at radius 3 is 2.58 bits per heavy atom. The van der Waals surface area contributed by atoms with Gasteiger partial charge in [-0.15, -0.1) is 11.3 Å².